The SMILES string of the molecule is c1ccc(-c2nc(-c3cccc(-c4nc(-c5ccccc5)nc5c4ccc4ccccc45)c3)c3ccc4ccccc4c3n2)cc1. The lowest BCUT2D eigenvalue weighted by Gasteiger charge is -2.14. The fourth-order valence-corrected chi connectivity index (χ4v) is 6.41. The number of rotatable bonds is 4. The van der Waals surface area contributed by atoms with Crippen molar-refractivity contribution in [3.8, 4) is 45.3 Å². The van der Waals surface area contributed by atoms with Crippen molar-refractivity contribution in [3.05, 3.63) is 158 Å². The lowest BCUT2D eigenvalue weighted by atomic mass is 9.97. The third-order valence-corrected chi connectivity index (χ3v) is 8.66. The van der Waals surface area contributed by atoms with E-state index in [4.69, 9.17) is 19.9 Å². The van der Waals surface area contributed by atoms with Crippen LogP contribution in [0.1, 0.15) is 0 Å². The van der Waals surface area contributed by atoms with Gasteiger partial charge in [0.1, 0.15) is 0 Å². The van der Waals surface area contributed by atoms with Crippen molar-refractivity contribution >= 4 is 43.4 Å². The fourth-order valence-electron chi connectivity index (χ4n) is 6.41. The van der Waals surface area contributed by atoms with Crippen molar-refractivity contribution in [2.45, 2.75) is 0 Å². The smallest absolute Gasteiger partial charge is 0.160 e. The molecule has 0 saturated heterocycles. The molecule has 0 spiro atoms. The van der Waals surface area contributed by atoms with Crippen molar-refractivity contribution in [2.75, 3.05) is 0 Å². The predicted octanol–water partition coefficient (Wildman–Crippen LogP) is 10.5. The molecule has 214 valence electrons. The van der Waals surface area contributed by atoms with Crippen molar-refractivity contribution in [3.63, 3.8) is 0 Å². The first kappa shape index (κ1) is 26.2. The average molecular weight is 587 g/mol. The lowest BCUT2D eigenvalue weighted by Crippen LogP contribution is -1.98. The molecule has 4 heteroatoms. The summed E-state index contributed by atoms with van der Waals surface area (Å²) in [6, 6.07) is 54.4. The van der Waals surface area contributed by atoms with Crippen LogP contribution in [0.3, 0.4) is 0 Å². The molecule has 7 aromatic carbocycles. The summed E-state index contributed by atoms with van der Waals surface area (Å²) in [6.07, 6.45) is 0. The summed E-state index contributed by atoms with van der Waals surface area (Å²) in [6.45, 7) is 0. The van der Waals surface area contributed by atoms with E-state index in [0.29, 0.717) is 11.6 Å². The van der Waals surface area contributed by atoms with E-state index in [9.17, 15) is 0 Å². The molecule has 0 fully saturated rings. The highest BCUT2D eigenvalue weighted by Gasteiger charge is 2.17. The molecule has 2 aromatic heterocycles. The largest absolute Gasteiger partial charge is 0.227 e. The first-order chi connectivity index (χ1) is 22.8. The van der Waals surface area contributed by atoms with Crippen LogP contribution < -0.4 is 0 Å². The summed E-state index contributed by atoms with van der Waals surface area (Å²) in [4.78, 5) is 20.7. The van der Waals surface area contributed by atoms with E-state index >= 15 is 0 Å². The molecule has 9 aromatic rings. The third-order valence-electron chi connectivity index (χ3n) is 8.66. The Balaban J connectivity index is 1.31. The molecule has 0 amide bonds. The van der Waals surface area contributed by atoms with Crippen LogP contribution in [0.5, 0.6) is 0 Å². The number of hydrogen-bond donors (Lipinski definition) is 0. The zero-order valence-corrected chi connectivity index (χ0v) is 24.8. The summed E-state index contributed by atoms with van der Waals surface area (Å²) < 4.78 is 0. The normalized spacial score (nSPS) is 11.5. The van der Waals surface area contributed by atoms with Gasteiger partial charge >= 0.3 is 0 Å². The second-order valence-electron chi connectivity index (χ2n) is 11.5. The maximum absolute atomic E-state index is 5.21. The summed E-state index contributed by atoms with van der Waals surface area (Å²) in [7, 11) is 0. The topological polar surface area (TPSA) is 51.6 Å². The van der Waals surface area contributed by atoms with Crippen molar-refractivity contribution < 1.29 is 0 Å². The van der Waals surface area contributed by atoms with E-state index in [2.05, 4.69) is 121 Å². The van der Waals surface area contributed by atoms with Gasteiger partial charge in [0.05, 0.1) is 22.4 Å². The lowest BCUT2D eigenvalue weighted by molar-refractivity contribution is 1.23. The molecule has 9 rings (SSSR count). The molecule has 46 heavy (non-hydrogen) atoms. The molecule has 0 unspecified atom stereocenters. The number of benzene rings is 7. The maximum atomic E-state index is 5.21. The van der Waals surface area contributed by atoms with Crippen LogP contribution in [-0.4, -0.2) is 19.9 Å². The Morgan fingerprint density at radius 2 is 0.696 bits per heavy atom. The van der Waals surface area contributed by atoms with Crippen LogP contribution in [0.15, 0.2) is 158 Å². The summed E-state index contributed by atoms with van der Waals surface area (Å²) >= 11 is 0. The van der Waals surface area contributed by atoms with Crippen LogP contribution in [0.2, 0.25) is 0 Å². The van der Waals surface area contributed by atoms with Crippen molar-refractivity contribution in [1.82, 2.24) is 19.9 Å². The Hall–Kier alpha value is -6.26. The van der Waals surface area contributed by atoms with E-state index in [1.807, 2.05) is 36.4 Å². The Kier molecular flexibility index (Phi) is 6.10. The number of aromatic nitrogens is 4. The van der Waals surface area contributed by atoms with Crippen molar-refractivity contribution in [1.29, 1.82) is 0 Å². The molecule has 0 bridgehead atoms. The van der Waals surface area contributed by atoms with E-state index in [0.717, 1.165) is 77.0 Å². The molecule has 0 aliphatic rings. The minimum atomic E-state index is 0.704. The van der Waals surface area contributed by atoms with Gasteiger partial charge in [-0.2, -0.15) is 0 Å². The van der Waals surface area contributed by atoms with E-state index in [1.165, 1.54) is 0 Å². The zero-order valence-electron chi connectivity index (χ0n) is 24.8. The summed E-state index contributed by atoms with van der Waals surface area (Å²) in [5, 5.41) is 6.55. The molecular weight excluding hydrogens is 560 g/mol. The van der Waals surface area contributed by atoms with Crippen LogP contribution >= 0.6 is 0 Å². The average Bonchev–Trinajstić information content (AvgIpc) is 3.14. The molecule has 4 nitrogen and oxygen atoms in total. The Bertz CT molecular complexity index is 2400. The maximum Gasteiger partial charge on any atom is 0.160 e. The number of hydrogen-bond acceptors (Lipinski definition) is 4. The van der Waals surface area contributed by atoms with E-state index in [-0.39, 0.29) is 0 Å². The standard InChI is InChI=1S/C42H26N4/c1-3-14-29(15-4-1)41-43-37(35-24-22-27-12-7-9-20-33(27)39(35)45-41)31-18-11-19-32(26-31)38-36-25-23-28-13-8-10-21-34(28)40(36)46-42(44-38)30-16-5-2-6-17-30/h1-26H. The Labute approximate surface area is 265 Å². The van der Waals surface area contributed by atoms with Gasteiger partial charge in [0.2, 0.25) is 0 Å². The zero-order chi connectivity index (χ0) is 30.5. The first-order valence-electron chi connectivity index (χ1n) is 15.4. The van der Waals surface area contributed by atoms with Gasteiger partial charge in [0, 0.05) is 43.8 Å². The second kappa shape index (κ2) is 10.7. The highest BCUT2D eigenvalue weighted by Crippen LogP contribution is 2.37. The summed E-state index contributed by atoms with van der Waals surface area (Å²) in [5.41, 5.74) is 7.65. The quantitative estimate of drug-likeness (QED) is 0.193. The molecule has 0 radical (unpaired) electrons. The first-order valence-corrected chi connectivity index (χ1v) is 15.4. The van der Waals surface area contributed by atoms with Gasteiger partial charge in [0.25, 0.3) is 0 Å². The molecule has 0 aliphatic carbocycles. The minimum absolute atomic E-state index is 0.704. The van der Waals surface area contributed by atoms with Crippen molar-refractivity contribution in [2.24, 2.45) is 0 Å². The van der Waals surface area contributed by atoms with Crippen LogP contribution in [0.4, 0.5) is 0 Å². The van der Waals surface area contributed by atoms with Gasteiger partial charge in [0.15, 0.2) is 11.6 Å². The van der Waals surface area contributed by atoms with Gasteiger partial charge in [-0.05, 0) is 29.0 Å². The van der Waals surface area contributed by atoms with Crippen LogP contribution in [-0.2, 0) is 0 Å². The molecule has 0 saturated carbocycles. The van der Waals surface area contributed by atoms with Gasteiger partial charge < -0.3 is 0 Å². The molecule has 0 atom stereocenters. The van der Waals surface area contributed by atoms with Crippen LogP contribution in [0.25, 0.3) is 88.6 Å². The fraction of sp³-hybridized carbons (Fsp3) is 0. The summed E-state index contributed by atoms with van der Waals surface area (Å²) in [5.74, 6) is 1.41. The minimum Gasteiger partial charge on any atom is -0.227 e. The van der Waals surface area contributed by atoms with E-state index in [1.54, 1.807) is 0 Å². The van der Waals surface area contributed by atoms with Crippen LogP contribution in [0, 0.1) is 0 Å². The number of fused-ring (bicyclic) bond motifs is 6. The van der Waals surface area contributed by atoms with Gasteiger partial charge in [-0.25, -0.2) is 19.9 Å². The van der Waals surface area contributed by atoms with Gasteiger partial charge in [-0.1, -0.05) is 140 Å². The number of nitrogens with zero attached hydrogens (tertiary/aromatic N) is 4. The Morgan fingerprint density at radius 1 is 0.283 bits per heavy atom. The van der Waals surface area contributed by atoms with E-state index < -0.39 is 0 Å². The third kappa shape index (κ3) is 4.39. The highest BCUT2D eigenvalue weighted by atomic mass is 14.9. The molecule has 0 N–H and O–H groups in total. The molecule has 0 aliphatic heterocycles. The highest BCUT2D eigenvalue weighted by molar-refractivity contribution is 6.11. The second-order valence-corrected chi connectivity index (χ2v) is 11.5. The Morgan fingerprint density at radius 3 is 1.17 bits per heavy atom. The van der Waals surface area contributed by atoms with Gasteiger partial charge in [-0.15, -0.1) is 0 Å². The monoisotopic (exact) mass is 586 g/mol. The molecular formula is C42H26N4. The molecule has 2 heterocycles. The predicted molar refractivity (Wildman–Crippen MR) is 189 cm³/mol. The van der Waals surface area contributed by atoms with Gasteiger partial charge in [-0.3, -0.25) is 0 Å².